The van der Waals surface area contributed by atoms with Crippen LogP contribution < -0.4 is 4.90 Å². The predicted octanol–water partition coefficient (Wildman–Crippen LogP) is -0.386. The van der Waals surface area contributed by atoms with Gasteiger partial charge in [-0.1, -0.05) is 0 Å². The summed E-state index contributed by atoms with van der Waals surface area (Å²) < 4.78 is 1.63. The van der Waals surface area contributed by atoms with Crippen molar-refractivity contribution in [1.29, 1.82) is 0 Å². The molecule has 0 saturated carbocycles. The van der Waals surface area contributed by atoms with Crippen molar-refractivity contribution in [3.63, 3.8) is 0 Å². The van der Waals surface area contributed by atoms with Crippen molar-refractivity contribution in [3.8, 4) is 0 Å². The summed E-state index contributed by atoms with van der Waals surface area (Å²) in [6, 6.07) is 1.43. The van der Waals surface area contributed by atoms with Crippen molar-refractivity contribution in [3.05, 3.63) is 12.3 Å². The highest BCUT2D eigenvalue weighted by Crippen LogP contribution is 2.20. The Hall–Kier alpha value is -1.85. The van der Waals surface area contributed by atoms with Gasteiger partial charge < -0.3 is 4.90 Å². The highest BCUT2D eigenvalue weighted by Gasteiger charge is 2.40. The topological polar surface area (TPSA) is 58.4 Å². The summed E-state index contributed by atoms with van der Waals surface area (Å²) in [5, 5.41) is 4.13. The van der Waals surface area contributed by atoms with Crippen molar-refractivity contribution in [2.24, 2.45) is 7.05 Å². The van der Waals surface area contributed by atoms with Crippen LogP contribution in [0.25, 0.3) is 0 Å². The molecule has 1 aliphatic rings. The standard InChI is InChI=1S/C10H14N4O2/c1-12-5-4-8(11-12)14(3)10(16)7-6-9(15)13(7)2/h4-5,7H,6H2,1-3H3. The molecule has 0 radical (unpaired) electrons. The molecule has 0 aromatic carbocycles. The minimum atomic E-state index is -0.334. The minimum absolute atomic E-state index is 0.00720. The Kier molecular flexibility index (Phi) is 2.41. The molecule has 16 heavy (non-hydrogen) atoms. The maximum Gasteiger partial charge on any atom is 0.251 e. The van der Waals surface area contributed by atoms with Crippen LogP contribution in [0, 0.1) is 0 Å². The molecule has 1 saturated heterocycles. The van der Waals surface area contributed by atoms with E-state index in [9.17, 15) is 9.59 Å². The lowest BCUT2D eigenvalue weighted by atomic mass is 10.0. The van der Waals surface area contributed by atoms with Crippen molar-refractivity contribution >= 4 is 17.6 Å². The van der Waals surface area contributed by atoms with Crippen LogP contribution in [0.5, 0.6) is 0 Å². The molecule has 2 amide bonds. The van der Waals surface area contributed by atoms with Crippen molar-refractivity contribution in [2.75, 3.05) is 19.0 Å². The number of aryl methyl sites for hydroxylation is 1. The second kappa shape index (κ2) is 3.62. The van der Waals surface area contributed by atoms with Gasteiger partial charge in [0, 0.05) is 33.4 Å². The van der Waals surface area contributed by atoms with E-state index in [0.29, 0.717) is 12.2 Å². The van der Waals surface area contributed by atoms with E-state index < -0.39 is 0 Å². The highest BCUT2D eigenvalue weighted by molar-refractivity contribution is 6.04. The van der Waals surface area contributed by atoms with Gasteiger partial charge in [0.1, 0.15) is 6.04 Å². The summed E-state index contributed by atoms with van der Waals surface area (Å²) in [6.07, 6.45) is 2.07. The van der Waals surface area contributed by atoms with E-state index in [1.54, 1.807) is 38.1 Å². The predicted molar refractivity (Wildman–Crippen MR) is 57.8 cm³/mol. The number of carbonyl (C=O) groups excluding carboxylic acids is 2. The molecule has 1 fully saturated rings. The Balaban J connectivity index is 2.08. The average Bonchev–Trinajstić information content (AvgIpc) is 2.70. The molecule has 2 heterocycles. The third-order valence-corrected chi connectivity index (χ3v) is 2.89. The lowest BCUT2D eigenvalue weighted by molar-refractivity contribution is -0.150. The van der Waals surface area contributed by atoms with Gasteiger partial charge >= 0.3 is 0 Å². The molecule has 1 unspecified atom stereocenters. The molecule has 86 valence electrons. The lowest BCUT2D eigenvalue weighted by Gasteiger charge is -2.37. The number of aromatic nitrogens is 2. The number of anilines is 1. The van der Waals surface area contributed by atoms with E-state index in [2.05, 4.69) is 5.10 Å². The number of β-lactam (4-membered cyclic amide) rings is 1. The second-order valence-corrected chi connectivity index (χ2v) is 3.97. The summed E-state index contributed by atoms with van der Waals surface area (Å²) in [4.78, 5) is 26.0. The highest BCUT2D eigenvalue weighted by atomic mass is 16.2. The van der Waals surface area contributed by atoms with Crippen LogP contribution >= 0.6 is 0 Å². The van der Waals surface area contributed by atoms with Gasteiger partial charge in [-0.05, 0) is 0 Å². The van der Waals surface area contributed by atoms with Gasteiger partial charge in [0.2, 0.25) is 5.91 Å². The van der Waals surface area contributed by atoms with E-state index in [-0.39, 0.29) is 17.9 Å². The van der Waals surface area contributed by atoms with Gasteiger partial charge in [0.05, 0.1) is 6.42 Å². The Morgan fingerprint density at radius 1 is 1.56 bits per heavy atom. The number of carbonyl (C=O) groups is 2. The number of amides is 2. The number of rotatable bonds is 2. The van der Waals surface area contributed by atoms with Crippen LogP contribution in [0.4, 0.5) is 5.82 Å². The van der Waals surface area contributed by atoms with Crippen LogP contribution in [0.15, 0.2) is 12.3 Å². The van der Waals surface area contributed by atoms with Crippen molar-refractivity contribution in [2.45, 2.75) is 12.5 Å². The summed E-state index contributed by atoms with van der Waals surface area (Å²) in [5.41, 5.74) is 0. The molecule has 0 spiro atoms. The summed E-state index contributed by atoms with van der Waals surface area (Å²) in [5.74, 6) is 0.508. The fourth-order valence-electron chi connectivity index (χ4n) is 1.68. The van der Waals surface area contributed by atoms with Crippen molar-refractivity contribution in [1.82, 2.24) is 14.7 Å². The molecule has 6 nitrogen and oxygen atoms in total. The Morgan fingerprint density at radius 2 is 2.25 bits per heavy atom. The molecule has 1 aromatic heterocycles. The maximum atomic E-state index is 12.0. The molecule has 0 bridgehead atoms. The van der Waals surface area contributed by atoms with Crippen LogP contribution in [-0.2, 0) is 16.6 Å². The fourth-order valence-corrected chi connectivity index (χ4v) is 1.68. The van der Waals surface area contributed by atoms with Gasteiger partial charge in [-0.25, -0.2) is 0 Å². The molecule has 0 N–H and O–H groups in total. The SMILES string of the molecule is CN(C(=O)C1CC(=O)N1C)c1ccn(C)n1. The third-order valence-electron chi connectivity index (χ3n) is 2.89. The number of nitrogens with zero attached hydrogens (tertiary/aromatic N) is 4. The Bertz CT molecular complexity index is 440. The van der Waals surface area contributed by atoms with Gasteiger partial charge in [-0.2, -0.15) is 5.10 Å². The molecule has 1 atom stereocenters. The normalized spacial score (nSPS) is 19.6. The van der Waals surface area contributed by atoms with Crippen LogP contribution in [0.1, 0.15) is 6.42 Å². The Labute approximate surface area is 93.4 Å². The van der Waals surface area contributed by atoms with E-state index in [4.69, 9.17) is 0 Å². The number of hydrogen-bond acceptors (Lipinski definition) is 3. The van der Waals surface area contributed by atoms with Gasteiger partial charge in [0.15, 0.2) is 5.82 Å². The van der Waals surface area contributed by atoms with Gasteiger partial charge in [-0.3, -0.25) is 19.2 Å². The number of likely N-dealkylation sites (N-methyl/N-ethyl adjacent to an activating group) is 2. The molecular formula is C10H14N4O2. The smallest absolute Gasteiger partial charge is 0.251 e. The Morgan fingerprint density at radius 3 is 2.69 bits per heavy atom. The molecule has 2 rings (SSSR count). The molecule has 6 heteroatoms. The monoisotopic (exact) mass is 222 g/mol. The van der Waals surface area contributed by atoms with Crippen LogP contribution in [-0.4, -0.2) is 46.6 Å². The largest absolute Gasteiger partial charge is 0.333 e. The lowest BCUT2D eigenvalue weighted by Crippen LogP contribution is -2.58. The summed E-state index contributed by atoms with van der Waals surface area (Å²) in [6.45, 7) is 0. The maximum absolute atomic E-state index is 12.0. The summed E-state index contributed by atoms with van der Waals surface area (Å²) in [7, 11) is 5.10. The number of hydrogen-bond donors (Lipinski definition) is 0. The van der Waals surface area contributed by atoms with Crippen LogP contribution in [0.2, 0.25) is 0 Å². The van der Waals surface area contributed by atoms with E-state index in [1.165, 1.54) is 9.80 Å². The molecule has 1 aliphatic heterocycles. The first kappa shape index (κ1) is 10.7. The first-order chi connectivity index (χ1) is 7.50. The quantitative estimate of drug-likeness (QED) is 0.640. The minimum Gasteiger partial charge on any atom is -0.333 e. The van der Waals surface area contributed by atoms with Gasteiger partial charge in [0.25, 0.3) is 5.91 Å². The van der Waals surface area contributed by atoms with E-state index in [0.717, 1.165) is 0 Å². The van der Waals surface area contributed by atoms with Gasteiger partial charge in [-0.15, -0.1) is 0 Å². The number of likely N-dealkylation sites (tertiary alicyclic amines) is 1. The van der Waals surface area contributed by atoms with E-state index >= 15 is 0 Å². The average molecular weight is 222 g/mol. The second-order valence-electron chi connectivity index (χ2n) is 3.97. The van der Waals surface area contributed by atoms with E-state index in [1.807, 2.05) is 0 Å². The third kappa shape index (κ3) is 1.56. The molecule has 1 aromatic rings. The zero-order chi connectivity index (χ0) is 11.9. The first-order valence-electron chi connectivity index (χ1n) is 5.03. The van der Waals surface area contributed by atoms with Crippen LogP contribution in [0.3, 0.4) is 0 Å². The first-order valence-corrected chi connectivity index (χ1v) is 5.03. The zero-order valence-corrected chi connectivity index (χ0v) is 9.54. The fraction of sp³-hybridized carbons (Fsp3) is 0.500. The molecular weight excluding hydrogens is 208 g/mol. The molecule has 0 aliphatic carbocycles. The summed E-state index contributed by atoms with van der Waals surface area (Å²) >= 11 is 0. The van der Waals surface area contributed by atoms with Crippen molar-refractivity contribution < 1.29 is 9.59 Å². The zero-order valence-electron chi connectivity index (χ0n) is 9.54.